The third-order valence-electron chi connectivity index (χ3n) is 5.02. The average Bonchev–Trinajstić information content (AvgIpc) is 2.89. The predicted octanol–water partition coefficient (Wildman–Crippen LogP) is 4.16. The van der Waals surface area contributed by atoms with Crippen LogP contribution < -0.4 is 4.90 Å². The van der Waals surface area contributed by atoms with Crippen LogP contribution in [0.15, 0.2) is 42.5 Å². The molecule has 1 aliphatic carbocycles. The molecule has 2 aliphatic rings. The van der Waals surface area contributed by atoms with E-state index in [0.29, 0.717) is 0 Å². The maximum Gasteiger partial charge on any atom is 0.258 e. The zero-order chi connectivity index (χ0) is 15.1. The first-order valence-electron chi connectivity index (χ1n) is 8.27. The molecule has 1 atom stereocenters. The van der Waals surface area contributed by atoms with E-state index in [-0.39, 0.29) is 11.9 Å². The standard InChI is InChI=1S/C20H21NO/c1-14-12-17-8-4-5-9-19(17)21(14)20(22)18-11-10-15-6-2-3-7-16(15)13-18/h4-5,8-11,13-14H,2-3,6-7,12H2,1H3. The van der Waals surface area contributed by atoms with Gasteiger partial charge in [-0.3, -0.25) is 4.79 Å². The number of hydrogen-bond acceptors (Lipinski definition) is 1. The highest BCUT2D eigenvalue weighted by atomic mass is 16.2. The van der Waals surface area contributed by atoms with Crippen molar-refractivity contribution in [1.29, 1.82) is 0 Å². The third-order valence-corrected chi connectivity index (χ3v) is 5.02. The van der Waals surface area contributed by atoms with E-state index in [9.17, 15) is 4.79 Å². The first-order valence-corrected chi connectivity index (χ1v) is 8.27. The van der Waals surface area contributed by atoms with Crippen LogP contribution in [0.25, 0.3) is 0 Å². The van der Waals surface area contributed by atoms with Gasteiger partial charge in [0.2, 0.25) is 0 Å². The minimum Gasteiger partial charge on any atom is -0.305 e. The highest BCUT2D eigenvalue weighted by molar-refractivity contribution is 6.07. The molecule has 2 aromatic rings. The predicted molar refractivity (Wildman–Crippen MR) is 89.5 cm³/mol. The maximum absolute atomic E-state index is 13.0. The number of amides is 1. The molecule has 0 fully saturated rings. The molecule has 112 valence electrons. The van der Waals surface area contributed by atoms with Gasteiger partial charge in [0.25, 0.3) is 5.91 Å². The quantitative estimate of drug-likeness (QED) is 0.772. The summed E-state index contributed by atoms with van der Waals surface area (Å²) in [6, 6.07) is 14.8. The van der Waals surface area contributed by atoms with Crippen molar-refractivity contribution in [3.63, 3.8) is 0 Å². The number of carbonyl (C=O) groups excluding carboxylic acids is 1. The largest absolute Gasteiger partial charge is 0.305 e. The van der Waals surface area contributed by atoms with Crippen LogP contribution in [-0.2, 0) is 19.3 Å². The molecule has 1 amide bonds. The molecule has 0 N–H and O–H groups in total. The Bertz CT molecular complexity index is 734. The van der Waals surface area contributed by atoms with E-state index in [1.165, 1.54) is 29.5 Å². The SMILES string of the molecule is CC1Cc2ccccc2N1C(=O)c1ccc2c(c1)CCCC2. The number of para-hydroxylation sites is 1. The fourth-order valence-corrected chi connectivity index (χ4v) is 3.88. The van der Waals surface area contributed by atoms with Crippen molar-refractivity contribution in [3.05, 3.63) is 64.7 Å². The van der Waals surface area contributed by atoms with Gasteiger partial charge in [0.1, 0.15) is 0 Å². The number of anilines is 1. The van der Waals surface area contributed by atoms with Gasteiger partial charge in [-0.1, -0.05) is 24.3 Å². The Labute approximate surface area is 131 Å². The Morgan fingerprint density at radius 2 is 1.77 bits per heavy atom. The molecular formula is C20H21NO. The third kappa shape index (κ3) is 2.14. The van der Waals surface area contributed by atoms with Crippen molar-refractivity contribution in [2.24, 2.45) is 0 Å². The molecule has 2 heteroatoms. The lowest BCUT2D eigenvalue weighted by molar-refractivity contribution is 0.0981. The van der Waals surface area contributed by atoms with Gasteiger partial charge in [-0.15, -0.1) is 0 Å². The van der Waals surface area contributed by atoms with E-state index in [4.69, 9.17) is 0 Å². The Morgan fingerprint density at radius 1 is 1.00 bits per heavy atom. The van der Waals surface area contributed by atoms with Crippen LogP contribution in [-0.4, -0.2) is 11.9 Å². The summed E-state index contributed by atoms with van der Waals surface area (Å²) in [5.74, 6) is 0.144. The van der Waals surface area contributed by atoms with E-state index in [1.54, 1.807) is 0 Å². The number of rotatable bonds is 1. The lowest BCUT2D eigenvalue weighted by Gasteiger charge is -2.24. The first-order chi connectivity index (χ1) is 10.7. The van der Waals surface area contributed by atoms with Gasteiger partial charge in [-0.2, -0.15) is 0 Å². The molecular weight excluding hydrogens is 270 g/mol. The Kier molecular flexibility index (Phi) is 3.25. The summed E-state index contributed by atoms with van der Waals surface area (Å²) < 4.78 is 0. The van der Waals surface area contributed by atoms with Crippen LogP contribution in [0.2, 0.25) is 0 Å². The van der Waals surface area contributed by atoms with Gasteiger partial charge in [0, 0.05) is 17.3 Å². The molecule has 4 rings (SSSR count). The summed E-state index contributed by atoms with van der Waals surface area (Å²) in [6.07, 6.45) is 5.74. The van der Waals surface area contributed by atoms with E-state index in [1.807, 2.05) is 17.0 Å². The molecule has 0 bridgehead atoms. The van der Waals surface area contributed by atoms with Crippen molar-refractivity contribution in [3.8, 4) is 0 Å². The zero-order valence-corrected chi connectivity index (χ0v) is 13.0. The van der Waals surface area contributed by atoms with E-state index < -0.39 is 0 Å². The van der Waals surface area contributed by atoms with Crippen LogP contribution >= 0.6 is 0 Å². The Balaban J connectivity index is 1.70. The summed E-state index contributed by atoms with van der Waals surface area (Å²) in [7, 11) is 0. The molecule has 22 heavy (non-hydrogen) atoms. The number of nitrogens with zero attached hydrogens (tertiary/aromatic N) is 1. The Morgan fingerprint density at radius 3 is 2.64 bits per heavy atom. The molecule has 0 aromatic heterocycles. The van der Waals surface area contributed by atoms with Crippen molar-refractivity contribution in [1.82, 2.24) is 0 Å². The van der Waals surface area contributed by atoms with Gasteiger partial charge in [-0.05, 0) is 73.9 Å². The van der Waals surface area contributed by atoms with E-state index >= 15 is 0 Å². The first kappa shape index (κ1) is 13.6. The van der Waals surface area contributed by atoms with E-state index in [2.05, 4.69) is 37.3 Å². The summed E-state index contributed by atoms with van der Waals surface area (Å²) in [5, 5.41) is 0. The van der Waals surface area contributed by atoms with Crippen LogP contribution in [0, 0.1) is 0 Å². The smallest absolute Gasteiger partial charge is 0.258 e. The monoisotopic (exact) mass is 291 g/mol. The molecule has 0 saturated carbocycles. The van der Waals surface area contributed by atoms with Gasteiger partial charge in [0.05, 0.1) is 0 Å². The molecule has 0 saturated heterocycles. The van der Waals surface area contributed by atoms with E-state index in [0.717, 1.165) is 30.5 Å². The van der Waals surface area contributed by atoms with Crippen molar-refractivity contribution < 1.29 is 4.79 Å². The minimum absolute atomic E-state index is 0.144. The van der Waals surface area contributed by atoms with Crippen LogP contribution in [0.1, 0.15) is 46.8 Å². The zero-order valence-electron chi connectivity index (χ0n) is 13.0. The highest BCUT2D eigenvalue weighted by Gasteiger charge is 2.31. The lowest BCUT2D eigenvalue weighted by atomic mass is 9.90. The molecule has 0 radical (unpaired) electrons. The van der Waals surface area contributed by atoms with Crippen molar-refractivity contribution >= 4 is 11.6 Å². The number of hydrogen-bond donors (Lipinski definition) is 0. The van der Waals surface area contributed by atoms with Gasteiger partial charge < -0.3 is 4.90 Å². The van der Waals surface area contributed by atoms with Crippen molar-refractivity contribution in [2.75, 3.05) is 4.90 Å². The highest BCUT2D eigenvalue weighted by Crippen LogP contribution is 2.33. The fourth-order valence-electron chi connectivity index (χ4n) is 3.88. The molecule has 2 aromatic carbocycles. The molecule has 2 nitrogen and oxygen atoms in total. The lowest BCUT2D eigenvalue weighted by Crippen LogP contribution is -2.35. The molecule has 1 heterocycles. The number of fused-ring (bicyclic) bond motifs is 2. The minimum atomic E-state index is 0.144. The molecule has 1 aliphatic heterocycles. The second-order valence-corrected chi connectivity index (χ2v) is 6.55. The topological polar surface area (TPSA) is 20.3 Å². The second kappa shape index (κ2) is 5.28. The maximum atomic E-state index is 13.0. The van der Waals surface area contributed by atoms with Crippen LogP contribution in [0.3, 0.4) is 0 Å². The van der Waals surface area contributed by atoms with Crippen LogP contribution in [0.4, 0.5) is 5.69 Å². The normalized spacial score (nSPS) is 19.7. The number of benzene rings is 2. The van der Waals surface area contributed by atoms with Gasteiger partial charge in [-0.25, -0.2) is 0 Å². The summed E-state index contributed by atoms with van der Waals surface area (Å²) in [4.78, 5) is 15.0. The van der Waals surface area contributed by atoms with Gasteiger partial charge in [0.15, 0.2) is 0 Å². The summed E-state index contributed by atoms with van der Waals surface area (Å²) in [5.41, 5.74) is 6.00. The Hall–Kier alpha value is -2.09. The molecule has 1 unspecified atom stereocenters. The van der Waals surface area contributed by atoms with Crippen molar-refractivity contribution in [2.45, 2.75) is 45.1 Å². The van der Waals surface area contributed by atoms with Gasteiger partial charge >= 0.3 is 0 Å². The number of aryl methyl sites for hydroxylation is 2. The fraction of sp³-hybridized carbons (Fsp3) is 0.350. The summed E-state index contributed by atoms with van der Waals surface area (Å²) >= 11 is 0. The molecule has 0 spiro atoms. The van der Waals surface area contributed by atoms with Crippen LogP contribution in [0.5, 0.6) is 0 Å². The summed E-state index contributed by atoms with van der Waals surface area (Å²) in [6.45, 7) is 2.14. The second-order valence-electron chi connectivity index (χ2n) is 6.55. The average molecular weight is 291 g/mol. The number of carbonyl (C=O) groups is 1.